The highest BCUT2D eigenvalue weighted by molar-refractivity contribution is 6.32. The number of amides is 1. The van der Waals surface area contributed by atoms with Gasteiger partial charge in [-0.1, -0.05) is 11.6 Å². The molecule has 0 radical (unpaired) electrons. The van der Waals surface area contributed by atoms with Crippen LogP contribution >= 0.6 is 11.6 Å². The minimum Gasteiger partial charge on any atom is -0.493 e. The van der Waals surface area contributed by atoms with E-state index >= 15 is 0 Å². The zero-order valence-electron chi connectivity index (χ0n) is 12.7. The third-order valence-corrected chi connectivity index (χ3v) is 3.28. The van der Waals surface area contributed by atoms with Crippen LogP contribution in [0.2, 0.25) is 5.02 Å². The molecule has 118 valence electrons. The Balaban J connectivity index is 2.24. The van der Waals surface area contributed by atoms with E-state index in [0.29, 0.717) is 34.4 Å². The van der Waals surface area contributed by atoms with Crippen LogP contribution in [0.15, 0.2) is 24.5 Å². The van der Waals surface area contributed by atoms with Gasteiger partial charge in [0.2, 0.25) is 0 Å². The molecule has 1 aromatic heterocycles. The molecule has 2 rings (SSSR count). The van der Waals surface area contributed by atoms with Crippen LogP contribution in [-0.4, -0.2) is 29.4 Å². The lowest BCUT2D eigenvalue weighted by atomic mass is 10.2. The highest BCUT2D eigenvalue weighted by Crippen LogP contribution is 2.36. The van der Waals surface area contributed by atoms with Gasteiger partial charge in [-0.15, -0.1) is 0 Å². The number of aryl methyl sites for hydroxylation is 1. The van der Waals surface area contributed by atoms with Crippen molar-refractivity contribution in [2.24, 2.45) is 0 Å². The molecule has 2 aromatic rings. The minimum atomic E-state index is -0.293. The largest absolute Gasteiger partial charge is 0.493 e. The van der Waals surface area contributed by atoms with Crippen LogP contribution in [0.4, 0.5) is 5.69 Å². The van der Waals surface area contributed by atoms with E-state index in [9.17, 15) is 4.79 Å². The first-order valence-electron chi connectivity index (χ1n) is 6.93. The SMILES string of the molecule is CCOc1c(Cl)cc(C(=O)Nc2cnn(CC)c2)cc1OC. The van der Waals surface area contributed by atoms with E-state index in [1.54, 1.807) is 29.2 Å². The number of halogens is 1. The van der Waals surface area contributed by atoms with Crippen molar-refractivity contribution in [3.05, 3.63) is 35.1 Å². The van der Waals surface area contributed by atoms with Gasteiger partial charge in [0.25, 0.3) is 5.91 Å². The normalized spacial score (nSPS) is 10.4. The van der Waals surface area contributed by atoms with Gasteiger partial charge in [0.05, 0.1) is 30.6 Å². The number of aromatic nitrogens is 2. The van der Waals surface area contributed by atoms with E-state index in [1.165, 1.54) is 7.11 Å². The number of hydrogen-bond donors (Lipinski definition) is 1. The number of ether oxygens (including phenoxy) is 2. The van der Waals surface area contributed by atoms with E-state index in [2.05, 4.69) is 10.4 Å². The van der Waals surface area contributed by atoms with Gasteiger partial charge in [-0.05, 0) is 26.0 Å². The molecule has 1 aromatic carbocycles. The number of anilines is 1. The first-order chi connectivity index (χ1) is 10.6. The Bertz CT molecular complexity index is 670. The lowest BCUT2D eigenvalue weighted by molar-refractivity contribution is 0.102. The lowest BCUT2D eigenvalue weighted by Crippen LogP contribution is -2.12. The third-order valence-electron chi connectivity index (χ3n) is 3.00. The van der Waals surface area contributed by atoms with Crippen LogP contribution in [0.5, 0.6) is 11.5 Å². The fourth-order valence-electron chi connectivity index (χ4n) is 1.94. The summed E-state index contributed by atoms with van der Waals surface area (Å²) < 4.78 is 12.4. The summed E-state index contributed by atoms with van der Waals surface area (Å²) in [6, 6.07) is 3.14. The van der Waals surface area contributed by atoms with Crippen molar-refractivity contribution in [3.63, 3.8) is 0 Å². The zero-order chi connectivity index (χ0) is 16.1. The highest BCUT2D eigenvalue weighted by atomic mass is 35.5. The van der Waals surface area contributed by atoms with Gasteiger partial charge in [-0.2, -0.15) is 5.10 Å². The number of carbonyl (C=O) groups excluding carboxylic acids is 1. The van der Waals surface area contributed by atoms with Crippen molar-refractivity contribution in [1.29, 1.82) is 0 Å². The summed E-state index contributed by atoms with van der Waals surface area (Å²) in [5, 5.41) is 7.20. The van der Waals surface area contributed by atoms with Gasteiger partial charge in [0.1, 0.15) is 0 Å². The van der Waals surface area contributed by atoms with Crippen molar-refractivity contribution >= 4 is 23.2 Å². The summed E-state index contributed by atoms with van der Waals surface area (Å²) in [6.07, 6.45) is 3.35. The summed E-state index contributed by atoms with van der Waals surface area (Å²) >= 11 is 6.16. The number of nitrogens with zero attached hydrogens (tertiary/aromatic N) is 2. The zero-order valence-corrected chi connectivity index (χ0v) is 13.5. The van der Waals surface area contributed by atoms with E-state index < -0.39 is 0 Å². The second kappa shape index (κ2) is 7.17. The van der Waals surface area contributed by atoms with Crippen LogP contribution in [0.1, 0.15) is 24.2 Å². The highest BCUT2D eigenvalue weighted by Gasteiger charge is 2.16. The van der Waals surface area contributed by atoms with Crippen LogP contribution in [0.3, 0.4) is 0 Å². The average Bonchev–Trinajstić information content (AvgIpc) is 2.96. The van der Waals surface area contributed by atoms with Crippen molar-refractivity contribution in [3.8, 4) is 11.5 Å². The molecule has 0 aliphatic carbocycles. The Kier molecular flexibility index (Phi) is 5.27. The molecule has 0 atom stereocenters. The number of hydrogen-bond acceptors (Lipinski definition) is 4. The van der Waals surface area contributed by atoms with Gasteiger partial charge in [-0.3, -0.25) is 9.48 Å². The quantitative estimate of drug-likeness (QED) is 0.886. The minimum absolute atomic E-state index is 0.293. The molecule has 1 amide bonds. The number of benzene rings is 1. The van der Waals surface area contributed by atoms with Gasteiger partial charge >= 0.3 is 0 Å². The Morgan fingerprint density at radius 2 is 2.18 bits per heavy atom. The van der Waals surface area contributed by atoms with Gasteiger partial charge in [0.15, 0.2) is 11.5 Å². The molecule has 0 bridgehead atoms. The fourth-order valence-corrected chi connectivity index (χ4v) is 2.20. The number of nitrogens with one attached hydrogen (secondary N) is 1. The maximum Gasteiger partial charge on any atom is 0.255 e. The summed E-state index contributed by atoms with van der Waals surface area (Å²) in [7, 11) is 1.50. The van der Waals surface area contributed by atoms with E-state index in [4.69, 9.17) is 21.1 Å². The molecule has 1 heterocycles. The van der Waals surface area contributed by atoms with Crippen LogP contribution < -0.4 is 14.8 Å². The summed E-state index contributed by atoms with van der Waals surface area (Å²) in [5.74, 6) is 0.560. The molecule has 22 heavy (non-hydrogen) atoms. The molecular weight excluding hydrogens is 306 g/mol. The lowest BCUT2D eigenvalue weighted by Gasteiger charge is -2.12. The maximum atomic E-state index is 12.3. The predicted octanol–water partition coefficient (Wildman–Crippen LogP) is 3.22. The predicted molar refractivity (Wildman–Crippen MR) is 85.0 cm³/mol. The standard InChI is InChI=1S/C15H18ClN3O3/c1-4-19-9-11(8-17-19)18-15(20)10-6-12(16)14(22-5-2)13(7-10)21-3/h6-9H,4-5H2,1-3H3,(H,18,20). The molecule has 0 saturated carbocycles. The monoisotopic (exact) mass is 323 g/mol. The second-order valence-corrected chi connectivity index (χ2v) is 4.87. The van der Waals surface area contributed by atoms with Crippen molar-refractivity contribution in [2.75, 3.05) is 19.0 Å². The molecule has 0 spiro atoms. The molecular formula is C15H18ClN3O3. The number of methoxy groups -OCH3 is 1. The van der Waals surface area contributed by atoms with E-state index in [1.807, 2.05) is 13.8 Å². The van der Waals surface area contributed by atoms with Gasteiger partial charge < -0.3 is 14.8 Å². The molecule has 1 N–H and O–H groups in total. The smallest absolute Gasteiger partial charge is 0.255 e. The van der Waals surface area contributed by atoms with Crippen LogP contribution in [0.25, 0.3) is 0 Å². The van der Waals surface area contributed by atoms with E-state index in [0.717, 1.165) is 6.54 Å². The molecule has 0 aliphatic heterocycles. The number of rotatable bonds is 6. The van der Waals surface area contributed by atoms with Crippen LogP contribution in [0, 0.1) is 0 Å². The Hall–Kier alpha value is -2.21. The van der Waals surface area contributed by atoms with E-state index in [-0.39, 0.29) is 5.91 Å². The van der Waals surface area contributed by atoms with Gasteiger partial charge in [-0.25, -0.2) is 0 Å². The van der Waals surface area contributed by atoms with Crippen molar-refractivity contribution in [1.82, 2.24) is 9.78 Å². The fraction of sp³-hybridized carbons (Fsp3) is 0.333. The Morgan fingerprint density at radius 1 is 1.41 bits per heavy atom. The van der Waals surface area contributed by atoms with Crippen LogP contribution in [-0.2, 0) is 6.54 Å². The average molecular weight is 324 g/mol. The maximum absolute atomic E-state index is 12.3. The molecule has 0 aliphatic rings. The van der Waals surface area contributed by atoms with Crippen molar-refractivity contribution in [2.45, 2.75) is 20.4 Å². The first kappa shape index (κ1) is 16.2. The Labute approximate surface area is 134 Å². The molecule has 0 unspecified atom stereocenters. The summed E-state index contributed by atoms with van der Waals surface area (Å²) in [4.78, 5) is 12.3. The second-order valence-electron chi connectivity index (χ2n) is 4.46. The van der Waals surface area contributed by atoms with Gasteiger partial charge in [0, 0.05) is 18.3 Å². The summed E-state index contributed by atoms with van der Waals surface area (Å²) in [5.41, 5.74) is 1.00. The molecule has 0 fully saturated rings. The topological polar surface area (TPSA) is 65.4 Å². The third kappa shape index (κ3) is 3.51. The number of carbonyl (C=O) groups is 1. The van der Waals surface area contributed by atoms with Crippen molar-refractivity contribution < 1.29 is 14.3 Å². The summed E-state index contributed by atoms with van der Waals surface area (Å²) in [6.45, 7) is 5.01. The Morgan fingerprint density at radius 3 is 2.77 bits per heavy atom. The molecule has 0 saturated heterocycles. The molecule has 6 nitrogen and oxygen atoms in total. The molecule has 7 heteroatoms. The first-order valence-corrected chi connectivity index (χ1v) is 7.31.